The first-order valence-electron chi connectivity index (χ1n) is 6.79. The number of hydrogen-bond acceptors (Lipinski definition) is 4. The lowest BCUT2D eigenvalue weighted by molar-refractivity contribution is 0.0897. The fourth-order valence-electron chi connectivity index (χ4n) is 2.54. The smallest absolute Gasteiger partial charge is 0.253 e. The van der Waals surface area contributed by atoms with E-state index in [9.17, 15) is 9.18 Å². The maximum absolute atomic E-state index is 13.6. The number of benzene rings is 1. The van der Waals surface area contributed by atoms with E-state index in [0.29, 0.717) is 6.04 Å². The van der Waals surface area contributed by atoms with E-state index in [4.69, 9.17) is 5.84 Å². The van der Waals surface area contributed by atoms with Gasteiger partial charge in [0.2, 0.25) is 0 Å². The number of nitrogens with zero attached hydrogens (tertiary/aromatic N) is 1. The predicted molar refractivity (Wildman–Crippen MR) is 76.8 cm³/mol. The second kappa shape index (κ2) is 6.19. The minimum absolute atomic E-state index is 0.0333. The van der Waals surface area contributed by atoms with E-state index >= 15 is 0 Å². The molecule has 1 amide bonds. The van der Waals surface area contributed by atoms with Crippen molar-refractivity contribution in [1.29, 1.82) is 0 Å². The number of likely N-dealkylation sites (tertiary alicyclic amines) is 1. The molecule has 4 N–H and O–H groups in total. The van der Waals surface area contributed by atoms with E-state index in [1.54, 1.807) is 6.07 Å². The Hall–Kier alpha value is -1.66. The van der Waals surface area contributed by atoms with Crippen molar-refractivity contribution in [2.24, 2.45) is 5.84 Å². The van der Waals surface area contributed by atoms with Gasteiger partial charge in [0, 0.05) is 18.6 Å². The molecule has 1 aliphatic rings. The van der Waals surface area contributed by atoms with E-state index in [0.717, 1.165) is 19.4 Å². The number of anilines is 1. The van der Waals surface area contributed by atoms with Crippen molar-refractivity contribution in [3.63, 3.8) is 0 Å². The molecule has 0 aromatic heterocycles. The maximum atomic E-state index is 13.6. The number of piperidine rings is 1. The second-order valence-electron chi connectivity index (χ2n) is 5.33. The molecule has 2 unspecified atom stereocenters. The third-order valence-electron chi connectivity index (χ3n) is 3.95. The molecular weight excluding hydrogens is 259 g/mol. The van der Waals surface area contributed by atoms with Gasteiger partial charge in [-0.2, -0.15) is 0 Å². The molecule has 1 aliphatic heterocycles. The monoisotopic (exact) mass is 280 g/mol. The Morgan fingerprint density at radius 1 is 1.50 bits per heavy atom. The normalized spacial score (nSPS) is 23.4. The average molecular weight is 280 g/mol. The molecule has 1 saturated heterocycles. The zero-order valence-electron chi connectivity index (χ0n) is 11.8. The van der Waals surface area contributed by atoms with E-state index in [1.807, 2.05) is 0 Å². The van der Waals surface area contributed by atoms with Gasteiger partial charge >= 0.3 is 0 Å². The zero-order chi connectivity index (χ0) is 14.7. The number of para-hydroxylation sites is 1. The molecule has 2 atom stereocenters. The summed E-state index contributed by atoms with van der Waals surface area (Å²) in [4.78, 5) is 14.5. The van der Waals surface area contributed by atoms with Crippen LogP contribution in [0.4, 0.5) is 10.1 Å². The molecule has 6 heteroatoms. The van der Waals surface area contributed by atoms with Crippen LogP contribution in [0.3, 0.4) is 0 Å². The molecule has 0 radical (unpaired) electrons. The molecule has 0 saturated carbocycles. The Labute approximate surface area is 118 Å². The summed E-state index contributed by atoms with van der Waals surface area (Å²) in [5, 5.41) is 2.96. The Balaban J connectivity index is 2.07. The van der Waals surface area contributed by atoms with Crippen LogP contribution in [0.15, 0.2) is 18.2 Å². The highest BCUT2D eigenvalue weighted by atomic mass is 19.1. The fourth-order valence-corrected chi connectivity index (χ4v) is 2.54. The van der Waals surface area contributed by atoms with Gasteiger partial charge in [-0.15, -0.1) is 0 Å². The van der Waals surface area contributed by atoms with Crippen LogP contribution < -0.4 is 16.6 Å². The van der Waals surface area contributed by atoms with Crippen LogP contribution in [-0.4, -0.2) is 36.5 Å². The summed E-state index contributed by atoms with van der Waals surface area (Å²) in [5.41, 5.74) is 2.52. The highest BCUT2D eigenvalue weighted by Crippen LogP contribution is 2.20. The Kier molecular flexibility index (Phi) is 4.57. The molecule has 2 rings (SSSR count). The topological polar surface area (TPSA) is 70.4 Å². The quantitative estimate of drug-likeness (QED) is 0.577. The van der Waals surface area contributed by atoms with Crippen LogP contribution >= 0.6 is 0 Å². The summed E-state index contributed by atoms with van der Waals surface area (Å²) >= 11 is 0. The SMILES string of the molecule is CC1CC(NC(=O)c2cccc(F)c2NN)CCN1C. The average Bonchev–Trinajstić information content (AvgIpc) is 2.42. The van der Waals surface area contributed by atoms with Crippen LogP contribution in [0.1, 0.15) is 30.1 Å². The molecule has 1 fully saturated rings. The summed E-state index contributed by atoms with van der Waals surface area (Å²) < 4.78 is 13.6. The largest absolute Gasteiger partial charge is 0.349 e. The van der Waals surface area contributed by atoms with Gasteiger partial charge in [0.05, 0.1) is 11.3 Å². The van der Waals surface area contributed by atoms with Gasteiger partial charge in [0.25, 0.3) is 5.91 Å². The van der Waals surface area contributed by atoms with Crippen LogP contribution in [0.5, 0.6) is 0 Å². The van der Waals surface area contributed by atoms with Crippen molar-refractivity contribution >= 4 is 11.6 Å². The van der Waals surface area contributed by atoms with Gasteiger partial charge in [-0.05, 0) is 38.9 Å². The Morgan fingerprint density at radius 3 is 2.90 bits per heavy atom. The number of nitrogens with one attached hydrogen (secondary N) is 2. The molecule has 5 nitrogen and oxygen atoms in total. The number of carbonyl (C=O) groups excluding carboxylic acids is 1. The van der Waals surface area contributed by atoms with Crippen LogP contribution in [0, 0.1) is 5.82 Å². The van der Waals surface area contributed by atoms with Crippen LogP contribution in [0.2, 0.25) is 0 Å². The number of nitrogens with two attached hydrogens (primary N) is 1. The van der Waals surface area contributed by atoms with Gasteiger partial charge in [-0.25, -0.2) is 4.39 Å². The molecule has 20 heavy (non-hydrogen) atoms. The zero-order valence-corrected chi connectivity index (χ0v) is 11.8. The van der Waals surface area contributed by atoms with Gasteiger partial charge in [-0.1, -0.05) is 6.07 Å². The lowest BCUT2D eigenvalue weighted by atomic mass is 9.98. The first kappa shape index (κ1) is 14.7. The molecule has 110 valence electrons. The number of nitrogen functional groups attached to an aromatic ring is 1. The van der Waals surface area contributed by atoms with Crippen LogP contribution in [-0.2, 0) is 0 Å². The fraction of sp³-hybridized carbons (Fsp3) is 0.500. The van der Waals surface area contributed by atoms with E-state index in [-0.39, 0.29) is 23.2 Å². The van der Waals surface area contributed by atoms with Gasteiger partial charge in [0.1, 0.15) is 5.82 Å². The first-order valence-corrected chi connectivity index (χ1v) is 6.79. The predicted octanol–water partition coefficient (Wildman–Crippen LogP) is 1.32. The summed E-state index contributed by atoms with van der Waals surface area (Å²) in [6, 6.07) is 4.87. The lowest BCUT2D eigenvalue weighted by Crippen LogP contribution is -2.47. The van der Waals surface area contributed by atoms with Gasteiger partial charge in [0.15, 0.2) is 0 Å². The van der Waals surface area contributed by atoms with Crippen LogP contribution in [0.25, 0.3) is 0 Å². The molecule has 0 spiro atoms. The third kappa shape index (κ3) is 3.08. The van der Waals surface area contributed by atoms with Crippen molar-refractivity contribution in [2.45, 2.75) is 31.8 Å². The standard InChI is InChI=1S/C14H21FN4O/c1-9-8-10(6-7-19(9)2)17-14(20)11-4-3-5-12(15)13(11)18-16/h3-5,9-10,18H,6-8,16H2,1-2H3,(H,17,20). The first-order chi connectivity index (χ1) is 9.52. The summed E-state index contributed by atoms with van der Waals surface area (Å²) in [6.45, 7) is 3.07. The van der Waals surface area contributed by atoms with Crippen molar-refractivity contribution in [1.82, 2.24) is 10.2 Å². The van der Waals surface area contributed by atoms with Crippen molar-refractivity contribution in [2.75, 3.05) is 19.0 Å². The highest BCUT2D eigenvalue weighted by Gasteiger charge is 2.25. The second-order valence-corrected chi connectivity index (χ2v) is 5.33. The Bertz CT molecular complexity index is 494. The minimum atomic E-state index is -0.531. The van der Waals surface area contributed by atoms with Gasteiger partial charge in [-0.3, -0.25) is 10.6 Å². The van der Waals surface area contributed by atoms with Gasteiger partial charge < -0.3 is 15.6 Å². The number of hydrazine groups is 1. The summed E-state index contributed by atoms with van der Waals surface area (Å²) in [6.07, 6.45) is 1.79. The van der Waals surface area contributed by atoms with Crippen molar-refractivity contribution in [3.8, 4) is 0 Å². The number of amides is 1. The third-order valence-corrected chi connectivity index (χ3v) is 3.95. The minimum Gasteiger partial charge on any atom is -0.349 e. The number of carbonyl (C=O) groups is 1. The van der Waals surface area contributed by atoms with E-state index in [2.05, 4.69) is 29.6 Å². The number of hydrogen-bond donors (Lipinski definition) is 3. The Morgan fingerprint density at radius 2 is 2.25 bits per heavy atom. The number of rotatable bonds is 3. The summed E-state index contributed by atoms with van der Waals surface area (Å²) in [5.74, 6) is 4.46. The van der Waals surface area contributed by atoms with E-state index in [1.165, 1.54) is 12.1 Å². The molecular formula is C14H21FN4O. The molecule has 1 heterocycles. The van der Waals surface area contributed by atoms with Crippen molar-refractivity contribution in [3.05, 3.63) is 29.6 Å². The lowest BCUT2D eigenvalue weighted by Gasteiger charge is -2.35. The maximum Gasteiger partial charge on any atom is 0.253 e. The van der Waals surface area contributed by atoms with Crippen molar-refractivity contribution < 1.29 is 9.18 Å². The molecule has 1 aromatic rings. The molecule has 0 aliphatic carbocycles. The number of halogens is 1. The van der Waals surface area contributed by atoms with E-state index < -0.39 is 5.82 Å². The molecule has 1 aromatic carbocycles. The molecule has 0 bridgehead atoms. The highest BCUT2D eigenvalue weighted by molar-refractivity contribution is 5.99. The summed E-state index contributed by atoms with van der Waals surface area (Å²) in [7, 11) is 2.08.